The van der Waals surface area contributed by atoms with E-state index in [-0.39, 0.29) is 17.7 Å². The van der Waals surface area contributed by atoms with Crippen molar-refractivity contribution in [1.82, 2.24) is 20.1 Å². The van der Waals surface area contributed by atoms with Crippen LogP contribution < -0.4 is 10.2 Å². The predicted molar refractivity (Wildman–Crippen MR) is 138 cm³/mol. The number of alkyl halides is 3. The van der Waals surface area contributed by atoms with E-state index in [1.807, 2.05) is 38.2 Å². The zero-order chi connectivity index (χ0) is 26.3. The molecule has 3 aliphatic heterocycles. The Morgan fingerprint density at radius 2 is 2.00 bits per heavy atom. The summed E-state index contributed by atoms with van der Waals surface area (Å²) in [7, 11) is 3.93. The second-order valence-corrected chi connectivity index (χ2v) is 10.4. The number of anilines is 2. The minimum Gasteiger partial charge on any atom is -0.374 e. The van der Waals surface area contributed by atoms with E-state index < -0.39 is 17.8 Å². The quantitative estimate of drug-likeness (QED) is 0.476. The number of fused-ring (bicyclic) bond motifs is 5. The van der Waals surface area contributed by atoms with Crippen LogP contribution in [-0.2, 0) is 17.5 Å². The van der Waals surface area contributed by atoms with Gasteiger partial charge in [0.1, 0.15) is 5.82 Å². The molecule has 1 aromatic carbocycles. The van der Waals surface area contributed by atoms with Crippen LogP contribution in [0.4, 0.5) is 24.8 Å². The minimum absolute atomic E-state index is 0.206. The lowest BCUT2D eigenvalue weighted by molar-refractivity contribution is -0.138. The van der Waals surface area contributed by atoms with Gasteiger partial charge in [0.05, 0.1) is 36.1 Å². The van der Waals surface area contributed by atoms with Crippen LogP contribution >= 0.6 is 0 Å². The molecule has 0 aliphatic carbocycles. The van der Waals surface area contributed by atoms with Gasteiger partial charge in [-0.3, -0.25) is 0 Å². The molecule has 7 nitrogen and oxygen atoms in total. The Kier molecular flexibility index (Phi) is 6.97. The average Bonchev–Trinajstić information content (AvgIpc) is 3.20. The molecule has 0 radical (unpaired) electrons. The number of aromatic nitrogens is 3. The number of nitrogens with zero attached hydrogens (tertiary/aromatic N) is 5. The van der Waals surface area contributed by atoms with Gasteiger partial charge in [-0.05, 0) is 70.5 Å². The van der Waals surface area contributed by atoms with Crippen molar-refractivity contribution in [2.45, 2.75) is 64.0 Å². The van der Waals surface area contributed by atoms with Gasteiger partial charge in [0, 0.05) is 30.1 Å². The van der Waals surface area contributed by atoms with E-state index in [4.69, 9.17) is 9.72 Å². The maximum Gasteiger partial charge on any atom is 0.416 e. The highest BCUT2D eigenvalue weighted by molar-refractivity contribution is 5.94. The molecule has 0 spiro atoms. The van der Waals surface area contributed by atoms with Crippen molar-refractivity contribution in [2.24, 2.45) is 0 Å². The van der Waals surface area contributed by atoms with Gasteiger partial charge in [-0.1, -0.05) is 12.1 Å². The first kappa shape index (κ1) is 25.7. The summed E-state index contributed by atoms with van der Waals surface area (Å²) in [6.07, 6.45) is 0.906. The van der Waals surface area contributed by atoms with Crippen molar-refractivity contribution in [3.05, 3.63) is 52.8 Å². The second-order valence-electron chi connectivity index (χ2n) is 10.4. The summed E-state index contributed by atoms with van der Waals surface area (Å²) >= 11 is 0. The Bertz CT molecular complexity index is 1280. The van der Waals surface area contributed by atoms with E-state index in [2.05, 4.69) is 20.4 Å². The number of rotatable bonds is 6. The van der Waals surface area contributed by atoms with Gasteiger partial charge in [-0.2, -0.15) is 18.3 Å². The molecule has 37 heavy (non-hydrogen) atoms. The third-order valence-electron chi connectivity index (χ3n) is 7.42. The lowest BCUT2D eigenvalue weighted by atomic mass is 9.97. The van der Waals surface area contributed by atoms with Crippen LogP contribution in [-0.4, -0.2) is 59.5 Å². The van der Waals surface area contributed by atoms with Crippen molar-refractivity contribution >= 4 is 22.4 Å². The summed E-state index contributed by atoms with van der Waals surface area (Å²) in [6, 6.07) is 6.19. The normalized spacial score (nSPS) is 20.9. The summed E-state index contributed by atoms with van der Waals surface area (Å²) < 4.78 is 46.6. The third-order valence-corrected chi connectivity index (χ3v) is 7.42. The highest BCUT2D eigenvalue weighted by Gasteiger charge is 2.34. The number of benzene rings is 1. The van der Waals surface area contributed by atoms with Crippen LogP contribution in [0.3, 0.4) is 0 Å². The molecule has 0 saturated carbocycles. The Morgan fingerprint density at radius 3 is 2.76 bits per heavy atom. The fraction of sp³-hybridized carbons (Fsp3) is 0.519. The molecular weight excluding hydrogens is 481 g/mol. The SMILES string of the molecule is Cc1c([C@@H](C)Nc2nnc(CN(C)C)c3cnc(N4C[C@H]5CCC[C@@H]4CO5)cc23)cccc1C(F)(F)F. The zero-order valence-electron chi connectivity index (χ0n) is 21.6. The van der Waals surface area contributed by atoms with Crippen LogP contribution in [0.2, 0.25) is 0 Å². The van der Waals surface area contributed by atoms with E-state index in [0.29, 0.717) is 24.5 Å². The molecule has 3 aromatic rings. The number of hydrogen-bond donors (Lipinski definition) is 1. The first-order chi connectivity index (χ1) is 17.6. The van der Waals surface area contributed by atoms with Crippen LogP contribution in [0.5, 0.6) is 0 Å². The number of nitrogens with one attached hydrogen (secondary N) is 1. The molecule has 3 fully saturated rings. The van der Waals surface area contributed by atoms with Crippen molar-refractivity contribution < 1.29 is 17.9 Å². The average molecular weight is 515 g/mol. The molecule has 0 unspecified atom stereocenters. The standard InChI is InChI=1S/C27H33F3N6O/c1-16-20(9-6-10-23(16)27(28,29)30)17(2)32-26-21-11-25(36-13-19-8-5-7-18(36)15-37-19)31-12-22(21)24(33-34-26)14-35(3)4/h6,9-12,17-19H,5,7-8,13-15H2,1-4H3,(H,32,34)/t17-,18-,19-/m1/s1. The summed E-state index contributed by atoms with van der Waals surface area (Å²) in [5.41, 5.74) is 0.951. The number of halogens is 3. The first-order valence-electron chi connectivity index (χ1n) is 12.7. The summed E-state index contributed by atoms with van der Waals surface area (Å²) in [5, 5.41) is 14.0. The lowest BCUT2D eigenvalue weighted by Gasteiger charge is -2.37. The number of pyridine rings is 1. The van der Waals surface area contributed by atoms with Gasteiger partial charge >= 0.3 is 6.18 Å². The third kappa shape index (κ3) is 5.22. The van der Waals surface area contributed by atoms with Gasteiger partial charge < -0.3 is 19.9 Å². The molecule has 198 valence electrons. The van der Waals surface area contributed by atoms with Crippen molar-refractivity contribution in [2.75, 3.05) is 37.5 Å². The highest BCUT2D eigenvalue weighted by atomic mass is 19.4. The molecule has 2 aromatic heterocycles. The molecule has 2 bridgehead atoms. The molecular formula is C27H33F3N6O. The van der Waals surface area contributed by atoms with Crippen LogP contribution in [0.1, 0.15) is 54.6 Å². The summed E-state index contributed by atoms with van der Waals surface area (Å²) in [6.45, 7) is 5.45. The molecule has 6 rings (SSSR count). The van der Waals surface area contributed by atoms with Crippen molar-refractivity contribution in [1.29, 1.82) is 0 Å². The molecule has 3 aliphatic rings. The van der Waals surface area contributed by atoms with E-state index in [0.717, 1.165) is 54.2 Å². The van der Waals surface area contributed by atoms with Gasteiger partial charge in [0.15, 0.2) is 5.82 Å². The van der Waals surface area contributed by atoms with Gasteiger partial charge in [0.2, 0.25) is 0 Å². The van der Waals surface area contributed by atoms with Crippen molar-refractivity contribution in [3.8, 4) is 0 Å². The summed E-state index contributed by atoms with van der Waals surface area (Å²) in [4.78, 5) is 9.17. The van der Waals surface area contributed by atoms with Crippen LogP contribution in [0.25, 0.3) is 10.8 Å². The molecule has 1 N–H and O–H groups in total. The van der Waals surface area contributed by atoms with E-state index >= 15 is 0 Å². The molecule has 5 heterocycles. The van der Waals surface area contributed by atoms with E-state index in [1.165, 1.54) is 13.0 Å². The Labute approximate surface area is 215 Å². The van der Waals surface area contributed by atoms with E-state index in [9.17, 15) is 13.2 Å². The fourth-order valence-corrected chi connectivity index (χ4v) is 5.51. The summed E-state index contributed by atoms with van der Waals surface area (Å²) in [5.74, 6) is 1.39. The van der Waals surface area contributed by atoms with Gasteiger partial charge in [-0.15, -0.1) is 5.10 Å². The maximum atomic E-state index is 13.5. The van der Waals surface area contributed by atoms with Gasteiger partial charge in [0.25, 0.3) is 0 Å². The number of ether oxygens (including phenoxy) is 1. The Balaban J connectivity index is 1.54. The minimum atomic E-state index is -4.41. The number of hydrogen-bond acceptors (Lipinski definition) is 7. The molecule has 10 heteroatoms. The Morgan fingerprint density at radius 1 is 1.19 bits per heavy atom. The van der Waals surface area contributed by atoms with Crippen LogP contribution in [0, 0.1) is 6.92 Å². The molecule has 0 amide bonds. The van der Waals surface area contributed by atoms with Crippen molar-refractivity contribution in [3.63, 3.8) is 0 Å². The van der Waals surface area contributed by atoms with Gasteiger partial charge in [-0.25, -0.2) is 4.98 Å². The Hall–Kier alpha value is -2.98. The smallest absolute Gasteiger partial charge is 0.374 e. The second kappa shape index (κ2) is 10.1. The van der Waals surface area contributed by atoms with Crippen LogP contribution in [0.15, 0.2) is 30.5 Å². The largest absolute Gasteiger partial charge is 0.416 e. The topological polar surface area (TPSA) is 66.4 Å². The molecule has 3 saturated heterocycles. The number of morpholine rings is 1. The zero-order valence-corrected chi connectivity index (χ0v) is 21.6. The van der Waals surface area contributed by atoms with E-state index in [1.54, 1.807) is 6.07 Å². The fourth-order valence-electron chi connectivity index (χ4n) is 5.51. The molecule has 3 atom stereocenters. The highest BCUT2D eigenvalue weighted by Crippen LogP contribution is 2.37. The first-order valence-corrected chi connectivity index (χ1v) is 12.7. The predicted octanol–water partition coefficient (Wildman–Crippen LogP) is 5.34. The monoisotopic (exact) mass is 514 g/mol. The maximum absolute atomic E-state index is 13.5. The lowest BCUT2D eigenvalue weighted by Crippen LogP contribution is -2.47.